The summed E-state index contributed by atoms with van der Waals surface area (Å²) in [6, 6.07) is 0. The Hall–Kier alpha value is -1.55. The van der Waals surface area contributed by atoms with Gasteiger partial charge in [-0.25, -0.2) is 4.98 Å². The van der Waals surface area contributed by atoms with Crippen LogP contribution < -0.4 is 10.6 Å². The molecule has 0 aliphatic carbocycles. The van der Waals surface area contributed by atoms with Crippen molar-refractivity contribution in [3.05, 3.63) is 15.9 Å². The van der Waals surface area contributed by atoms with Crippen molar-refractivity contribution in [2.24, 2.45) is 0 Å². The molecule has 8 nitrogen and oxygen atoms in total. The molecule has 0 bridgehead atoms. The van der Waals surface area contributed by atoms with Crippen LogP contribution >= 0.6 is 11.3 Å². The van der Waals surface area contributed by atoms with Crippen molar-refractivity contribution in [3.63, 3.8) is 0 Å². The molecule has 4 atom stereocenters. The van der Waals surface area contributed by atoms with Crippen LogP contribution in [-0.2, 0) is 4.74 Å². The van der Waals surface area contributed by atoms with Gasteiger partial charge in [-0.05, 0) is 6.42 Å². The number of aliphatic hydroxyl groups is 2. The Morgan fingerprint density at radius 2 is 2.43 bits per heavy atom. The number of hydrogen-bond acceptors (Lipinski definition) is 8. The summed E-state index contributed by atoms with van der Waals surface area (Å²) >= 11 is 0.965. The normalized spacial score (nSPS) is 27.3. The topological polar surface area (TPSA) is 123 Å². The summed E-state index contributed by atoms with van der Waals surface area (Å²) in [6.07, 6.45) is -0.682. The lowest BCUT2D eigenvalue weighted by Crippen LogP contribution is -2.28. The fourth-order valence-corrected chi connectivity index (χ4v) is 3.31. The summed E-state index contributed by atoms with van der Waals surface area (Å²) in [7, 11) is 0. The smallest absolute Gasteiger partial charge is 0.311 e. The van der Waals surface area contributed by atoms with E-state index in [1.54, 1.807) is 0 Å². The van der Waals surface area contributed by atoms with E-state index in [0.717, 1.165) is 11.3 Å². The van der Waals surface area contributed by atoms with Gasteiger partial charge in [0.05, 0.1) is 23.1 Å². The fraction of sp³-hybridized carbons (Fsp3) is 0.583. The molecule has 4 N–H and O–H groups in total. The molecule has 0 amide bonds. The van der Waals surface area contributed by atoms with E-state index in [2.05, 4.69) is 9.97 Å². The first-order valence-corrected chi connectivity index (χ1v) is 7.48. The Balaban J connectivity index is 2.02. The van der Waals surface area contributed by atoms with E-state index in [0.29, 0.717) is 16.8 Å². The number of nitrogens with two attached hydrogens (primary N) is 1. The van der Waals surface area contributed by atoms with Gasteiger partial charge < -0.3 is 20.7 Å². The molecule has 0 unspecified atom stereocenters. The van der Waals surface area contributed by atoms with Crippen LogP contribution in [-0.4, -0.2) is 43.1 Å². The van der Waals surface area contributed by atoms with Crippen LogP contribution in [0.1, 0.15) is 26.0 Å². The third-order valence-electron chi connectivity index (χ3n) is 3.60. The predicted octanol–water partition coefficient (Wildman–Crippen LogP) is -0.146. The average Bonchev–Trinajstić information content (AvgIpc) is 2.97. The van der Waals surface area contributed by atoms with E-state index < -0.39 is 24.5 Å². The lowest BCUT2D eigenvalue weighted by atomic mass is 10.1. The SMILES string of the molecule is CC[C@@H](O)[C@@H]1C[C@@H](O)[C@H](n2c(=O)sc3cnc(N)nc32)O1. The Kier molecular flexibility index (Phi) is 3.66. The van der Waals surface area contributed by atoms with Gasteiger partial charge in [-0.15, -0.1) is 0 Å². The third-order valence-corrected chi connectivity index (χ3v) is 4.48. The molecule has 2 aromatic heterocycles. The van der Waals surface area contributed by atoms with Crippen molar-refractivity contribution in [1.82, 2.24) is 14.5 Å². The zero-order chi connectivity index (χ0) is 15.1. The van der Waals surface area contributed by atoms with Gasteiger partial charge in [-0.2, -0.15) is 4.98 Å². The molecule has 1 aliphatic heterocycles. The number of nitrogens with zero attached hydrogens (tertiary/aromatic N) is 3. The molecular weight excluding hydrogens is 296 g/mol. The highest BCUT2D eigenvalue weighted by Crippen LogP contribution is 2.32. The maximum Gasteiger partial charge on any atom is 0.311 e. The number of hydrogen-bond donors (Lipinski definition) is 3. The van der Waals surface area contributed by atoms with Crippen molar-refractivity contribution in [3.8, 4) is 0 Å². The number of nitrogen functional groups attached to an aromatic ring is 1. The van der Waals surface area contributed by atoms with Gasteiger partial charge >= 0.3 is 4.87 Å². The maximum atomic E-state index is 12.1. The maximum absolute atomic E-state index is 12.1. The quantitative estimate of drug-likeness (QED) is 0.720. The number of ether oxygens (including phenoxy) is 1. The minimum atomic E-state index is -0.886. The standard InChI is InChI=1S/C12H16N4O4S/c1-2-5(17)7-3-6(18)10(20-7)16-9-8(21-12(16)19)4-14-11(13)15-9/h4-7,10,17-18H,2-3H2,1H3,(H2,13,14,15)/t5-,6-,7+,10-/m1/s1. The highest BCUT2D eigenvalue weighted by molar-refractivity contribution is 7.16. The lowest BCUT2D eigenvalue weighted by molar-refractivity contribution is -0.0752. The first-order chi connectivity index (χ1) is 10.0. The summed E-state index contributed by atoms with van der Waals surface area (Å²) in [4.78, 5) is 19.7. The largest absolute Gasteiger partial charge is 0.390 e. The third kappa shape index (κ3) is 2.42. The van der Waals surface area contributed by atoms with Gasteiger partial charge in [0.25, 0.3) is 0 Å². The fourth-order valence-electron chi connectivity index (χ4n) is 2.50. The minimum Gasteiger partial charge on any atom is -0.390 e. The number of thiazole rings is 1. The predicted molar refractivity (Wildman–Crippen MR) is 76.9 cm³/mol. The zero-order valence-electron chi connectivity index (χ0n) is 11.3. The van der Waals surface area contributed by atoms with E-state index in [1.165, 1.54) is 10.8 Å². The highest BCUT2D eigenvalue weighted by Gasteiger charge is 2.39. The van der Waals surface area contributed by atoms with Crippen LogP contribution in [0.5, 0.6) is 0 Å². The molecule has 0 spiro atoms. The monoisotopic (exact) mass is 312 g/mol. The summed E-state index contributed by atoms with van der Waals surface area (Å²) in [5.74, 6) is 0.0479. The molecular formula is C12H16N4O4S. The number of aliphatic hydroxyl groups excluding tert-OH is 2. The molecule has 2 aromatic rings. The van der Waals surface area contributed by atoms with Crippen molar-refractivity contribution < 1.29 is 14.9 Å². The first kappa shape index (κ1) is 14.4. The van der Waals surface area contributed by atoms with E-state index >= 15 is 0 Å². The van der Waals surface area contributed by atoms with Gasteiger partial charge in [-0.3, -0.25) is 9.36 Å². The van der Waals surface area contributed by atoms with Crippen molar-refractivity contribution in [2.75, 3.05) is 5.73 Å². The highest BCUT2D eigenvalue weighted by atomic mass is 32.1. The van der Waals surface area contributed by atoms with Crippen LogP contribution in [0.4, 0.5) is 5.95 Å². The van der Waals surface area contributed by atoms with E-state index in [1.807, 2.05) is 6.92 Å². The first-order valence-electron chi connectivity index (χ1n) is 6.66. The Bertz CT molecular complexity index is 715. The van der Waals surface area contributed by atoms with Crippen molar-refractivity contribution in [1.29, 1.82) is 0 Å². The number of fused-ring (bicyclic) bond motifs is 1. The van der Waals surface area contributed by atoms with Gasteiger partial charge in [0.1, 0.15) is 6.10 Å². The van der Waals surface area contributed by atoms with Crippen molar-refractivity contribution in [2.45, 2.75) is 44.3 Å². The average molecular weight is 312 g/mol. The van der Waals surface area contributed by atoms with Crippen LogP contribution in [0.15, 0.2) is 11.0 Å². The van der Waals surface area contributed by atoms with E-state index in [4.69, 9.17) is 10.5 Å². The second-order valence-electron chi connectivity index (χ2n) is 5.00. The Labute approximate surface area is 123 Å². The van der Waals surface area contributed by atoms with Gasteiger partial charge in [-0.1, -0.05) is 18.3 Å². The zero-order valence-corrected chi connectivity index (χ0v) is 12.2. The second-order valence-corrected chi connectivity index (χ2v) is 5.99. The van der Waals surface area contributed by atoms with E-state index in [-0.39, 0.29) is 17.2 Å². The van der Waals surface area contributed by atoms with E-state index in [9.17, 15) is 15.0 Å². The molecule has 114 valence electrons. The van der Waals surface area contributed by atoms with Crippen molar-refractivity contribution >= 4 is 27.6 Å². The number of rotatable bonds is 3. The molecule has 3 rings (SSSR count). The van der Waals surface area contributed by atoms with Crippen LogP contribution in [0.2, 0.25) is 0 Å². The molecule has 0 saturated carbocycles. The summed E-state index contributed by atoms with van der Waals surface area (Å²) < 4.78 is 7.52. The van der Waals surface area contributed by atoms with Gasteiger partial charge in [0, 0.05) is 6.42 Å². The Morgan fingerprint density at radius 3 is 3.14 bits per heavy atom. The molecule has 0 radical (unpaired) electrons. The van der Waals surface area contributed by atoms with Gasteiger partial charge in [0.15, 0.2) is 11.9 Å². The molecule has 1 fully saturated rings. The molecule has 1 saturated heterocycles. The number of aromatic nitrogens is 3. The Morgan fingerprint density at radius 1 is 1.67 bits per heavy atom. The molecule has 1 aliphatic rings. The summed E-state index contributed by atoms with van der Waals surface area (Å²) in [5, 5.41) is 20.0. The van der Waals surface area contributed by atoms with Gasteiger partial charge in [0.2, 0.25) is 5.95 Å². The molecule has 3 heterocycles. The summed E-state index contributed by atoms with van der Waals surface area (Å²) in [6.45, 7) is 1.83. The lowest BCUT2D eigenvalue weighted by Gasteiger charge is -2.18. The number of anilines is 1. The summed E-state index contributed by atoms with van der Waals surface area (Å²) in [5.41, 5.74) is 5.90. The second kappa shape index (κ2) is 5.34. The molecule has 21 heavy (non-hydrogen) atoms. The molecule has 0 aromatic carbocycles. The van der Waals surface area contributed by atoms with Crippen LogP contribution in [0.3, 0.4) is 0 Å². The minimum absolute atomic E-state index is 0.0479. The van der Waals surface area contributed by atoms with Crippen LogP contribution in [0.25, 0.3) is 10.3 Å². The molecule has 9 heteroatoms. The van der Waals surface area contributed by atoms with Crippen LogP contribution in [0, 0.1) is 0 Å².